The van der Waals surface area contributed by atoms with E-state index >= 15 is 0 Å². The highest BCUT2D eigenvalue weighted by Gasteiger charge is 2.37. The Balaban J connectivity index is 2.21. The highest BCUT2D eigenvalue weighted by atomic mass is 16.5. The fourth-order valence-electron chi connectivity index (χ4n) is 3.45. The van der Waals surface area contributed by atoms with Gasteiger partial charge in [0.1, 0.15) is 5.75 Å². The lowest BCUT2D eigenvalue weighted by molar-refractivity contribution is -0.125. The summed E-state index contributed by atoms with van der Waals surface area (Å²) in [6.45, 7) is 6.22. The molecule has 23 heavy (non-hydrogen) atoms. The first-order valence-electron chi connectivity index (χ1n) is 8.65. The standard InChI is InChI=1S/C19H29NO3/c1-4-15(5-2)18(21)20-14-19(10-12-23-13-11-19)16-8-6-7-9-17(16)22-3/h6-9,15H,4-5,10-14H2,1-3H3,(H,20,21). The van der Waals surface area contributed by atoms with Gasteiger partial charge >= 0.3 is 0 Å². The highest BCUT2D eigenvalue weighted by molar-refractivity contribution is 5.78. The average molecular weight is 319 g/mol. The summed E-state index contributed by atoms with van der Waals surface area (Å²) in [5, 5.41) is 3.19. The zero-order chi connectivity index (χ0) is 16.7. The Kier molecular flexibility index (Phi) is 6.46. The van der Waals surface area contributed by atoms with Crippen molar-refractivity contribution in [2.45, 2.75) is 44.9 Å². The van der Waals surface area contributed by atoms with Crippen LogP contribution in [0.1, 0.15) is 45.1 Å². The third kappa shape index (κ3) is 4.05. The fourth-order valence-corrected chi connectivity index (χ4v) is 3.45. The number of hydrogen-bond donors (Lipinski definition) is 1. The number of ether oxygens (including phenoxy) is 2. The van der Waals surface area contributed by atoms with Crippen molar-refractivity contribution in [2.75, 3.05) is 26.9 Å². The molecule has 0 aromatic heterocycles. The lowest BCUT2D eigenvalue weighted by Gasteiger charge is -2.39. The van der Waals surface area contributed by atoms with Crippen molar-refractivity contribution >= 4 is 5.91 Å². The van der Waals surface area contributed by atoms with E-state index in [1.54, 1.807) is 7.11 Å². The van der Waals surface area contributed by atoms with E-state index in [0.29, 0.717) is 6.54 Å². The van der Waals surface area contributed by atoms with Crippen molar-refractivity contribution in [3.8, 4) is 5.75 Å². The molecule has 4 nitrogen and oxygen atoms in total. The largest absolute Gasteiger partial charge is 0.496 e. The highest BCUT2D eigenvalue weighted by Crippen LogP contribution is 2.39. The van der Waals surface area contributed by atoms with Crippen molar-refractivity contribution in [1.29, 1.82) is 0 Å². The number of nitrogens with one attached hydrogen (secondary N) is 1. The van der Waals surface area contributed by atoms with Crippen LogP contribution in [0.15, 0.2) is 24.3 Å². The molecule has 1 fully saturated rings. The number of hydrogen-bond acceptors (Lipinski definition) is 3. The van der Waals surface area contributed by atoms with Gasteiger partial charge < -0.3 is 14.8 Å². The van der Waals surface area contributed by atoms with Gasteiger partial charge in [-0.15, -0.1) is 0 Å². The Labute approximate surface area is 139 Å². The second-order valence-corrected chi connectivity index (χ2v) is 6.32. The molecule has 1 aromatic rings. The monoisotopic (exact) mass is 319 g/mol. The third-order valence-corrected chi connectivity index (χ3v) is 5.09. The molecule has 0 atom stereocenters. The van der Waals surface area contributed by atoms with Crippen molar-refractivity contribution < 1.29 is 14.3 Å². The summed E-state index contributed by atoms with van der Waals surface area (Å²) < 4.78 is 11.1. The number of carbonyl (C=O) groups excluding carboxylic acids is 1. The molecule has 0 radical (unpaired) electrons. The molecule has 0 aliphatic carbocycles. The maximum absolute atomic E-state index is 12.4. The van der Waals surface area contributed by atoms with E-state index in [1.807, 2.05) is 18.2 Å². The summed E-state index contributed by atoms with van der Waals surface area (Å²) in [5.74, 6) is 1.16. The van der Waals surface area contributed by atoms with Gasteiger partial charge in [0.05, 0.1) is 7.11 Å². The Bertz CT molecular complexity index is 505. The van der Waals surface area contributed by atoms with Crippen LogP contribution in [0.5, 0.6) is 5.75 Å². The lowest BCUT2D eigenvalue weighted by atomic mass is 9.73. The summed E-state index contributed by atoms with van der Waals surface area (Å²) in [5.41, 5.74) is 1.07. The molecule has 4 heteroatoms. The molecule has 0 saturated carbocycles. The minimum atomic E-state index is -0.105. The van der Waals surface area contributed by atoms with Gasteiger partial charge in [0.2, 0.25) is 5.91 Å². The van der Waals surface area contributed by atoms with E-state index in [-0.39, 0.29) is 17.2 Å². The SMILES string of the molecule is CCC(CC)C(=O)NCC1(c2ccccc2OC)CCOCC1. The minimum absolute atomic E-state index is 0.101. The van der Waals surface area contributed by atoms with E-state index in [9.17, 15) is 4.79 Å². The maximum atomic E-state index is 12.4. The molecule has 0 unspecified atom stereocenters. The number of benzene rings is 1. The first-order valence-corrected chi connectivity index (χ1v) is 8.65. The molecule has 1 aromatic carbocycles. The Morgan fingerprint density at radius 2 is 1.91 bits per heavy atom. The van der Waals surface area contributed by atoms with Crippen LogP contribution in [0.2, 0.25) is 0 Å². The second kappa shape index (κ2) is 8.34. The topological polar surface area (TPSA) is 47.6 Å². The van der Waals surface area contributed by atoms with Crippen molar-refractivity contribution in [3.63, 3.8) is 0 Å². The first kappa shape index (κ1) is 17.8. The minimum Gasteiger partial charge on any atom is -0.496 e. The van der Waals surface area contributed by atoms with E-state index in [2.05, 4.69) is 25.2 Å². The molecule has 1 aliphatic heterocycles. The molecule has 128 valence electrons. The number of amides is 1. The van der Waals surface area contributed by atoms with Crippen LogP contribution in [0.3, 0.4) is 0 Å². The van der Waals surface area contributed by atoms with E-state index in [1.165, 1.54) is 5.56 Å². The molecule has 0 spiro atoms. The van der Waals surface area contributed by atoms with Crippen LogP contribution < -0.4 is 10.1 Å². The average Bonchev–Trinajstić information content (AvgIpc) is 2.62. The van der Waals surface area contributed by atoms with Gasteiger partial charge in [-0.05, 0) is 31.7 Å². The Hall–Kier alpha value is -1.55. The van der Waals surface area contributed by atoms with Crippen LogP contribution in [-0.4, -0.2) is 32.8 Å². The lowest BCUT2D eigenvalue weighted by Crippen LogP contribution is -2.46. The van der Waals surface area contributed by atoms with Gasteiger partial charge in [0.25, 0.3) is 0 Å². The van der Waals surface area contributed by atoms with E-state index in [4.69, 9.17) is 9.47 Å². The number of carbonyl (C=O) groups is 1. The number of methoxy groups -OCH3 is 1. The van der Waals surface area contributed by atoms with Gasteiger partial charge in [-0.1, -0.05) is 32.0 Å². The van der Waals surface area contributed by atoms with E-state index in [0.717, 1.165) is 44.6 Å². The molecule has 1 heterocycles. The van der Waals surface area contributed by atoms with Crippen molar-refractivity contribution in [1.82, 2.24) is 5.32 Å². The summed E-state index contributed by atoms with van der Waals surface area (Å²) >= 11 is 0. The Morgan fingerprint density at radius 1 is 1.26 bits per heavy atom. The molecule has 2 rings (SSSR count). The molecule has 0 bridgehead atoms. The Morgan fingerprint density at radius 3 is 2.52 bits per heavy atom. The third-order valence-electron chi connectivity index (χ3n) is 5.09. The van der Waals surface area contributed by atoms with Gasteiger partial charge in [0.15, 0.2) is 0 Å². The summed E-state index contributed by atoms with van der Waals surface area (Å²) in [7, 11) is 1.70. The molecule has 1 saturated heterocycles. The molecular formula is C19H29NO3. The van der Waals surface area contributed by atoms with Crippen molar-refractivity contribution in [3.05, 3.63) is 29.8 Å². The zero-order valence-corrected chi connectivity index (χ0v) is 14.6. The molecule has 1 amide bonds. The quantitative estimate of drug-likeness (QED) is 0.839. The normalized spacial score (nSPS) is 17.0. The molecule has 1 N–H and O–H groups in total. The second-order valence-electron chi connectivity index (χ2n) is 6.32. The predicted molar refractivity (Wildman–Crippen MR) is 91.8 cm³/mol. The summed E-state index contributed by atoms with van der Waals surface area (Å²) in [6, 6.07) is 8.14. The number of para-hydroxylation sites is 1. The van der Waals surface area contributed by atoms with Gasteiger partial charge in [-0.25, -0.2) is 0 Å². The maximum Gasteiger partial charge on any atom is 0.223 e. The molecular weight excluding hydrogens is 290 g/mol. The summed E-state index contributed by atoms with van der Waals surface area (Å²) in [4.78, 5) is 12.4. The summed E-state index contributed by atoms with van der Waals surface area (Å²) in [6.07, 6.45) is 3.56. The zero-order valence-electron chi connectivity index (χ0n) is 14.6. The van der Waals surface area contributed by atoms with Gasteiger partial charge in [-0.3, -0.25) is 4.79 Å². The van der Waals surface area contributed by atoms with Gasteiger partial charge in [0, 0.05) is 36.7 Å². The van der Waals surface area contributed by atoms with Crippen LogP contribution in [0, 0.1) is 5.92 Å². The number of rotatable bonds is 7. The van der Waals surface area contributed by atoms with Crippen LogP contribution >= 0.6 is 0 Å². The molecule has 1 aliphatic rings. The predicted octanol–water partition coefficient (Wildman–Crippen LogP) is 3.30. The van der Waals surface area contributed by atoms with E-state index < -0.39 is 0 Å². The van der Waals surface area contributed by atoms with Crippen LogP contribution in [0.25, 0.3) is 0 Å². The van der Waals surface area contributed by atoms with Gasteiger partial charge in [-0.2, -0.15) is 0 Å². The smallest absolute Gasteiger partial charge is 0.223 e. The van der Waals surface area contributed by atoms with Crippen LogP contribution in [0.4, 0.5) is 0 Å². The van der Waals surface area contributed by atoms with Crippen molar-refractivity contribution in [2.24, 2.45) is 5.92 Å². The van der Waals surface area contributed by atoms with Crippen LogP contribution in [-0.2, 0) is 14.9 Å². The fraction of sp³-hybridized carbons (Fsp3) is 0.632. The first-order chi connectivity index (χ1) is 11.2.